The Labute approximate surface area is 604 Å². The van der Waals surface area contributed by atoms with Crippen LogP contribution in [0.3, 0.4) is 0 Å². The quantitative estimate of drug-likeness (QED) is 0.0561. The van der Waals surface area contributed by atoms with Crippen molar-refractivity contribution in [3.63, 3.8) is 0 Å². The second kappa shape index (κ2) is 33.9. The van der Waals surface area contributed by atoms with Crippen LogP contribution in [0.2, 0.25) is 20.1 Å². The molecule has 3 aliphatic heterocycles. The fraction of sp³-hybridized carbons (Fsp3) is 0.412. The molecule has 2 N–H and O–H groups in total. The van der Waals surface area contributed by atoms with Gasteiger partial charge in [-0.1, -0.05) is 83.1 Å². The van der Waals surface area contributed by atoms with Crippen LogP contribution < -0.4 is 30.3 Å². The van der Waals surface area contributed by atoms with E-state index >= 15 is 0 Å². The summed E-state index contributed by atoms with van der Waals surface area (Å²) in [5.74, 6) is -4.26. The summed E-state index contributed by atoms with van der Waals surface area (Å²) in [6.45, 7) is 17.2. The predicted molar refractivity (Wildman–Crippen MR) is 375 cm³/mol. The van der Waals surface area contributed by atoms with E-state index in [0.717, 1.165) is 52.6 Å². The Kier molecular flexibility index (Phi) is 26.7. The summed E-state index contributed by atoms with van der Waals surface area (Å²) < 4.78 is 99.5. The maximum atomic E-state index is 14.1. The average molecular weight is 1520 g/mol. The van der Waals surface area contributed by atoms with Crippen LogP contribution in [0.15, 0.2) is 85.5 Å². The Hall–Kier alpha value is -8.94. The molecule has 10 rings (SSSR count). The van der Waals surface area contributed by atoms with Crippen LogP contribution in [-0.4, -0.2) is 142 Å². The fourth-order valence-corrected chi connectivity index (χ4v) is 12.8. The SMILES string of the molecule is CCOC(=O)C1=NN(c2ccc(Cl)cc2Cl)C(C)(C(=O)OCC)C1.CCc1cc(C)cc(CC)c1-c1c(OC(=O)C(C)(C)C)n2n(c1=O)CCOCC2.Cc1c(C(=O)c2c[nH]n(C)c2=O)ccc(S(C)(=O)=O)c1C1=NOCC1.Cn1nc(-c2cc(OCC(=O)O)c(Cl)cc2F)c(Cl)c1OC(F)F. The first-order valence-corrected chi connectivity index (χ1v) is 35.1. The van der Waals surface area contributed by atoms with Gasteiger partial charge in [-0.3, -0.25) is 23.9 Å². The molecule has 0 spiro atoms. The van der Waals surface area contributed by atoms with Crippen molar-refractivity contribution in [2.45, 2.75) is 125 Å². The van der Waals surface area contributed by atoms with Gasteiger partial charge in [0.05, 0.1) is 71.3 Å². The summed E-state index contributed by atoms with van der Waals surface area (Å²) in [4.78, 5) is 91.3. The number of ketones is 1. The van der Waals surface area contributed by atoms with Crippen molar-refractivity contribution in [2.24, 2.45) is 29.8 Å². The minimum Gasteiger partial charge on any atom is -0.480 e. The highest BCUT2D eigenvalue weighted by Gasteiger charge is 2.50. The maximum Gasteiger partial charge on any atom is 0.388 e. The molecule has 102 heavy (non-hydrogen) atoms. The molecule has 1 unspecified atom stereocenters. The number of esters is 3. The number of carboxylic acid groups (broad SMARTS) is 1. The zero-order valence-electron chi connectivity index (χ0n) is 57.9. The Bertz CT molecular complexity index is 4650. The molecule has 0 radical (unpaired) electrons. The highest BCUT2D eigenvalue weighted by Crippen LogP contribution is 2.42. The van der Waals surface area contributed by atoms with Crippen LogP contribution in [0.25, 0.3) is 22.4 Å². The molecule has 0 saturated heterocycles. The Morgan fingerprint density at radius 1 is 0.814 bits per heavy atom. The molecular weight excluding hydrogens is 1450 g/mol. The number of aromatic nitrogens is 6. The highest BCUT2D eigenvalue weighted by atomic mass is 35.5. The van der Waals surface area contributed by atoms with Crippen LogP contribution in [0.5, 0.6) is 17.5 Å². The first-order chi connectivity index (χ1) is 47.9. The number of aliphatic carboxylic acids is 1. The number of sulfone groups is 1. The third-order valence-electron chi connectivity index (χ3n) is 15.8. The molecule has 7 aromatic rings. The van der Waals surface area contributed by atoms with E-state index in [1.807, 2.05) is 20.8 Å². The molecule has 0 bridgehead atoms. The molecule has 34 heteroatoms. The van der Waals surface area contributed by atoms with Crippen molar-refractivity contribution >= 4 is 103 Å². The van der Waals surface area contributed by atoms with Crippen LogP contribution in [0.4, 0.5) is 18.9 Å². The van der Waals surface area contributed by atoms with Crippen molar-refractivity contribution in [2.75, 3.05) is 50.9 Å². The molecule has 0 aliphatic carbocycles. The van der Waals surface area contributed by atoms with Gasteiger partial charge in [0.1, 0.15) is 45.7 Å². The summed E-state index contributed by atoms with van der Waals surface area (Å²) in [5, 5.41) is 24.9. The number of hydrogen-bond donors (Lipinski definition) is 2. The van der Waals surface area contributed by atoms with Crippen molar-refractivity contribution in [3.8, 4) is 39.9 Å². The van der Waals surface area contributed by atoms with E-state index < -0.39 is 75.0 Å². The summed E-state index contributed by atoms with van der Waals surface area (Å²) in [6, 6.07) is 13.8. The number of hydrogen-bond acceptors (Lipinski definition) is 20. The Morgan fingerprint density at radius 2 is 1.46 bits per heavy atom. The minimum absolute atomic E-state index is 0.00623. The Balaban J connectivity index is 0.000000191. The van der Waals surface area contributed by atoms with Crippen LogP contribution in [0, 0.1) is 25.1 Å². The first-order valence-electron chi connectivity index (χ1n) is 31.7. The summed E-state index contributed by atoms with van der Waals surface area (Å²) in [5.41, 5.74) is 4.09. The van der Waals surface area contributed by atoms with Gasteiger partial charge in [0.25, 0.3) is 11.1 Å². The van der Waals surface area contributed by atoms with Gasteiger partial charge in [0.15, 0.2) is 27.8 Å². The second-order valence-corrected chi connectivity index (χ2v) is 27.9. The molecule has 0 fully saturated rings. The second-order valence-electron chi connectivity index (χ2n) is 24.3. The lowest BCUT2D eigenvalue weighted by molar-refractivity contribution is -0.148. The molecule has 550 valence electrons. The number of aromatic amines is 1. The summed E-state index contributed by atoms with van der Waals surface area (Å²) in [6.07, 6.45) is 4.54. The van der Waals surface area contributed by atoms with Gasteiger partial charge in [-0.15, -0.1) is 0 Å². The van der Waals surface area contributed by atoms with Crippen LogP contribution in [-0.2, 0) is 88.1 Å². The number of nitrogens with zero attached hydrogens (tertiary/aromatic N) is 8. The number of aryl methyl sites for hydroxylation is 5. The van der Waals surface area contributed by atoms with E-state index in [1.54, 1.807) is 55.3 Å². The van der Waals surface area contributed by atoms with Crippen molar-refractivity contribution in [1.29, 1.82) is 0 Å². The standard InChI is InChI=1S/C23H32N2O4.C16H18Cl2N2O4.C16H17N3O5S.C13H9Cl2F3N2O4/c1-7-16-13-15(3)14-17(8-2)18(16)19-20(26)24-9-11-28-12-10-25(24)21(19)29-22(27)23(4,5)6;1-4-23-14(21)12-9-16(3,15(22)24-5-2)20(19-12)13-7-6-10(17)8-11(13)18;1-9-10(15(20)11-8-17-19(2)16(11)21)4-5-13(25(3,22)23)14(9)12-6-7-24-18-12;1-20-12(24-13(17)18)10(15)11(19-20)5-2-8(23-4-9(21)22)6(14)3-7(5)16/h13-14H,7-12H2,1-6H3;6-8H,4-5,9H2,1-3H3;4-5,8,17H,6-7H2,1-3H3;2-3,13H,4H2,1H3,(H,21,22). The van der Waals surface area contributed by atoms with Crippen molar-refractivity contribution < 1.29 is 83.9 Å². The average Bonchev–Trinajstić information content (AvgIpc) is 1.58. The van der Waals surface area contributed by atoms with E-state index in [4.69, 9.17) is 80.0 Å². The number of hydrazone groups is 1. The van der Waals surface area contributed by atoms with Gasteiger partial charge in [-0.05, 0) is 133 Å². The smallest absolute Gasteiger partial charge is 0.388 e. The van der Waals surface area contributed by atoms with Gasteiger partial charge in [-0.25, -0.2) is 46.2 Å². The van der Waals surface area contributed by atoms with Crippen LogP contribution in [0.1, 0.15) is 112 Å². The number of alkyl halides is 2. The highest BCUT2D eigenvalue weighted by molar-refractivity contribution is 7.90. The lowest BCUT2D eigenvalue weighted by Gasteiger charge is -2.32. The third-order valence-corrected chi connectivity index (χ3v) is 18.1. The topological polar surface area (TPSA) is 315 Å². The number of carbonyl (C=O) groups excluding carboxylic acids is 4. The van der Waals surface area contributed by atoms with E-state index in [2.05, 4.69) is 58.1 Å². The first kappa shape index (κ1) is 80.4. The largest absolute Gasteiger partial charge is 0.480 e. The maximum absolute atomic E-state index is 14.1. The number of benzene rings is 4. The van der Waals surface area contributed by atoms with Crippen molar-refractivity contribution in [1.82, 2.24) is 28.9 Å². The lowest BCUT2D eigenvalue weighted by atomic mass is 9.91. The van der Waals surface area contributed by atoms with Gasteiger partial charge in [-0.2, -0.15) is 19.0 Å². The molecule has 4 aromatic carbocycles. The molecule has 1 atom stereocenters. The summed E-state index contributed by atoms with van der Waals surface area (Å²) >= 11 is 23.9. The monoisotopic (exact) mass is 1520 g/mol. The molecule has 3 aliphatic rings. The zero-order chi connectivity index (χ0) is 75.6. The number of fused-ring (bicyclic) bond motifs is 1. The number of carboxylic acids is 1. The number of halogens is 7. The van der Waals surface area contributed by atoms with Crippen molar-refractivity contribution in [3.05, 3.63) is 146 Å². The third kappa shape index (κ3) is 18.3. The van der Waals surface area contributed by atoms with Gasteiger partial charge >= 0.3 is 30.5 Å². The molecule has 0 amide bonds. The summed E-state index contributed by atoms with van der Waals surface area (Å²) in [7, 11) is -0.735. The van der Waals surface area contributed by atoms with Gasteiger partial charge < -0.3 is 43.5 Å². The normalized spacial score (nSPS) is 14.9. The van der Waals surface area contributed by atoms with E-state index in [-0.39, 0.29) is 79.9 Å². The number of nitrogens with one attached hydrogen (secondary N) is 1. The number of oxime groups is 1. The van der Waals surface area contributed by atoms with E-state index in [0.29, 0.717) is 83.3 Å². The molecular formula is C68H76Cl4F3N9O17S. The van der Waals surface area contributed by atoms with Crippen LogP contribution >= 0.6 is 46.4 Å². The molecule has 0 saturated carbocycles. The van der Waals surface area contributed by atoms with Gasteiger partial charge in [0, 0.05) is 61.1 Å². The number of rotatable bonds is 19. The molecule has 3 aromatic heterocycles. The number of anilines is 1. The number of carbonyl (C=O) groups is 5. The number of ether oxygens (including phenoxy) is 6. The number of H-pyrrole nitrogens is 1. The van der Waals surface area contributed by atoms with E-state index in [1.165, 1.54) is 47.7 Å². The molecule has 6 heterocycles. The zero-order valence-corrected chi connectivity index (χ0v) is 61.8. The van der Waals surface area contributed by atoms with Gasteiger partial charge in [0.2, 0.25) is 11.8 Å². The Morgan fingerprint density at radius 3 is 2.01 bits per heavy atom. The predicted octanol–water partition coefficient (Wildman–Crippen LogP) is 11.6. The van der Waals surface area contributed by atoms with E-state index in [9.17, 15) is 55.2 Å². The minimum atomic E-state index is -3.52. The molecule has 26 nitrogen and oxygen atoms in total. The lowest BCUT2D eigenvalue weighted by Crippen LogP contribution is -2.48. The fourth-order valence-electron chi connectivity index (χ4n) is 10.9.